The highest BCUT2D eigenvalue weighted by molar-refractivity contribution is 6.91. The third-order valence-corrected chi connectivity index (χ3v) is 3.79. The topological polar surface area (TPSA) is 9.72 Å². The monoisotopic (exact) mass is 231 g/mol. The zero-order chi connectivity index (χ0) is 11.9. The molecule has 0 aromatic heterocycles. The van der Waals surface area contributed by atoms with Crippen LogP contribution in [0.4, 0.5) is 0 Å². The van der Waals surface area contributed by atoms with Crippen LogP contribution in [0.25, 0.3) is 0 Å². The second-order valence-electron chi connectivity index (χ2n) is 4.76. The molecule has 6 heteroatoms. The molecule has 4 aliphatic rings. The molecule has 3 nitrogen and oxygen atoms in total. The zero-order valence-electron chi connectivity index (χ0n) is 10.0. The van der Waals surface area contributed by atoms with Crippen LogP contribution >= 0.6 is 0 Å². The number of allylic oxidation sites excluding steroid dienone is 6. The van der Waals surface area contributed by atoms with Gasteiger partial charge in [0.05, 0.1) is 0 Å². The van der Waals surface area contributed by atoms with Crippen LogP contribution in [0.1, 0.15) is 0 Å². The lowest BCUT2D eigenvalue weighted by molar-refractivity contribution is 0.622. The van der Waals surface area contributed by atoms with Crippen LogP contribution in [0.3, 0.4) is 0 Å². The zero-order valence-corrected chi connectivity index (χ0v) is 10.0. The fourth-order valence-corrected chi connectivity index (χ4v) is 2.99. The van der Waals surface area contributed by atoms with Crippen LogP contribution in [-0.4, -0.2) is 35.1 Å². The lowest BCUT2D eigenvalue weighted by Gasteiger charge is -2.53. The van der Waals surface area contributed by atoms with Crippen LogP contribution in [0.15, 0.2) is 73.0 Å². The van der Waals surface area contributed by atoms with E-state index in [0.717, 1.165) is 0 Å². The number of hydrogen-bond donors (Lipinski definition) is 0. The van der Waals surface area contributed by atoms with Gasteiger partial charge in [-0.3, -0.25) is 0 Å². The molecule has 0 aromatic carbocycles. The molecule has 1 saturated heterocycles. The summed E-state index contributed by atoms with van der Waals surface area (Å²) >= 11 is 0. The summed E-state index contributed by atoms with van der Waals surface area (Å²) in [5, 5.41) is 0. The van der Waals surface area contributed by atoms with Crippen LogP contribution in [0.5, 0.6) is 0 Å². The van der Waals surface area contributed by atoms with Crippen molar-refractivity contribution < 1.29 is 0 Å². The fourth-order valence-electron chi connectivity index (χ4n) is 2.99. The smallest absolute Gasteiger partial charge is 0.380 e. The average Bonchev–Trinajstić information content (AvgIpc) is 2.48. The highest BCUT2D eigenvalue weighted by Gasteiger charge is 2.48. The highest BCUT2D eigenvalue weighted by atomic mass is 15.3. The standard InChI is InChI=1S/C12H12B3N3/c1-4-10-16-13(7-1)17-11-5-2-9-15(17)18-12-6-3-8-14(16)18/h1-12H. The van der Waals surface area contributed by atoms with Crippen LogP contribution in [0, 0.1) is 0 Å². The van der Waals surface area contributed by atoms with Gasteiger partial charge in [-0.25, -0.2) is 0 Å². The molecule has 0 bridgehead atoms. The van der Waals surface area contributed by atoms with Crippen molar-refractivity contribution in [3.63, 3.8) is 0 Å². The minimum atomic E-state index is 0.304. The van der Waals surface area contributed by atoms with E-state index < -0.39 is 0 Å². The van der Waals surface area contributed by atoms with E-state index in [2.05, 4.69) is 87.1 Å². The summed E-state index contributed by atoms with van der Waals surface area (Å²) in [5.41, 5.74) is 0. The Bertz CT molecular complexity index is 399. The van der Waals surface area contributed by atoms with Gasteiger partial charge in [-0.2, -0.15) is 0 Å². The van der Waals surface area contributed by atoms with E-state index in [1.54, 1.807) is 0 Å². The molecule has 1 fully saturated rings. The van der Waals surface area contributed by atoms with E-state index >= 15 is 0 Å². The second kappa shape index (κ2) is 3.77. The number of hydrogen-bond acceptors (Lipinski definition) is 3. The largest absolute Gasteiger partial charge is 0.423 e. The maximum absolute atomic E-state index is 2.38. The van der Waals surface area contributed by atoms with E-state index in [1.165, 1.54) is 0 Å². The normalized spacial score (nSPS) is 22.7. The molecule has 18 heavy (non-hydrogen) atoms. The molecule has 4 aliphatic heterocycles. The Morgan fingerprint density at radius 2 is 0.778 bits per heavy atom. The number of fused-ring (bicyclic) bond motifs is 6. The second-order valence-corrected chi connectivity index (χ2v) is 4.76. The quantitative estimate of drug-likeness (QED) is 0.580. The van der Waals surface area contributed by atoms with Crippen molar-refractivity contribution in [3.05, 3.63) is 73.0 Å². The molecule has 0 aromatic rings. The van der Waals surface area contributed by atoms with Crippen molar-refractivity contribution in [2.75, 3.05) is 0 Å². The predicted octanol–water partition coefficient (Wildman–Crippen LogP) is 1.24. The first-order chi connectivity index (χ1) is 8.95. The maximum Gasteiger partial charge on any atom is 0.380 e. The minimum absolute atomic E-state index is 0.304. The molecule has 84 valence electrons. The Morgan fingerprint density at radius 3 is 1.11 bits per heavy atom. The van der Waals surface area contributed by atoms with Gasteiger partial charge in [0.15, 0.2) is 0 Å². The maximum atomic E-state index is 2.38. The van der Waals surface area contributed by atoms with Gasteiger partial charge >= 0.3 is 20.9 Å². The molecule has 0 saturated carbocycles. The average molecular weight is 231 g/mol. The van der Waals surface area contributed by atoms with E-state index in [9.17, 15) is 0 Å². The molecule has 4 heterocycles. The molecule has 4 rings (SSSR count). The van der Waals surface area contributed by atoms with Gasteiger partial charge < -0.3 is 14.2 Å². The lowest BCUT2D eigenvalue weighted by Crippen LogP contribution is -2.73. The number of nitrogens with zero attached hydrogens (tertiary/aromatic N) is 3. The SMILES string of the molecule is C1=CB2N3C=CC=CB3N3C=CC=CB3N2C=C1. The van der Waals surface area contributed by atoms with Crippen molar-refractivity contribution in [2.45, 2.75) is 0 Å². The Morgan fingerprint density at radius 1 is 0.444 bits per heavy atom. The molecule has 0 N–H and O–H groups in total. The number of rotatable bonds is 0. The molecule has 0 radical (unpaired) electrons. The third-order valence-electron chi connectivity index (χ3n) is 3.79. The summed E-state index contributed by atoms with van der Waals surface area (Å²) in [7, 11) is 0. The summed E-state index contributed by atoms with van der Waals surface area (Å²) in [6.07, 6.45) is 19.2. The molecular weight excluding hydrogens is 219 g/mol. The summed E-state index contributed by atoms with van der Waals surface area (Å²) in [6.45, 7) is 0.913. The van der Waals surface area contributed by atoms with Gasteiger partial charge in [0.25, 0.3) is 0 Å². The molecule has 0 unspecified atom stereocenters. The lowest BCUT2D eigenvalue weighted by atomic mass is 9.42. The molecule has 0 aliphatic carbocycles. The summed E-state index contributed by atoms with van der Waals surface area (Å²) in [5.74, 6) is 6.75. The summed E-state index contributed by atoms with van der Waals surface area (Å²) in [6, 6.07) is 0. The van der Waals surface area contributed by atoms with Gasteiger partial charge in [0, 0.05) is 0 Å². The molecule has 0 spiro atoms. The Labute approximate surface area is 108 Å². The summed E-state index contributed by atoms with van der Waals surface area (Å²) < 4.78 is 7.12. The van der Waals surface area contributed by atoms with Crippen LogP contribution in [0.2, 0.25) is 0 Å². The van der Waals surface area contributed by atoms with Gasteiger partial charge in [-0.15, -0.1) is 0 Å². The van der Waals surface area contributed by atoms with E-state index in [1.807, 2.05) is 0 Å². The van der Waals surface area contributed by atoms with E-state index in [0.29, 0.717) is 20.9 Å². The van der Waals surface area contributed by atoms with Gasteiger partial charge in [-0.05, 0) is 36.8 Å². The van der Waals surface area contributed by atoms with E-state index in [-0.39, 0.29) is 0 Å². The molecule has 0 amide bonds. The summed E-state index contributed by atoms with van der Waals surface area (Å²) in [4.78, 5) is 0. The van der Waals surface area contributed by atoms with Crippen LogP contribution < -0.4 is 0 Å². The first-order valence-electron chi connectivity index (χ1n) is 6.32. The third kappa shape index (κ3) is 1.29. The van der Waals surface area contributed by atoms with Gasteiger partial charge in [0.1, 0.15) is 0 Å². The highest BCUT2D eigenvalue weighted by Crippen LogP contribution is 2.27. The van der Waals surface area contributed by atoms with Gasteiger partial charge in [0.2, 0.25) is 0 Å². The Balaban J connectivity index is 1.80. The minimum Gasteiger partial charge on any atom is -0.423 e. The first-order valence-corrected chi connectivity index (χ1v) is 6.32. The molecule has 0 atom stereocenters. The van der Waals surface area contributed by atoms with Crippen molar-refractivity contribution in [2.24, 2.45) is 0 Å². The Kier molecular flexibility index (Phi) is 2.09. The Hall–Kier alpha value is -1.97. The van der Waals surface area contributed by atoms with Crippen molar-refractivity contribution in [1.82, 2.24) is 14.2 Å². The first kappa shape index (κ1) is 10.0. The van der Waals surface area contributed by atoms with Crippen molar-refractivity contribution in [3.8, 4) is 0 Å². The van der Waals surface area contributed by atoms with Crippen molar-refractivity contribution >= 4 is 20.9 Å². The molecular formula is C12H12B3N3. The van der Waals surface area contributed by atoms with E-state index in [4.69, 9.17) is 0 Å². The fraction of sp³-hybridized carbons (Fsp3) is 0. The van der Waals surface area contributed by atoms with Crippen molar-refractivity contribution in [1.29, 1.82) is 0 Å². The predicted molar refractivity (Wildman–Crippen MR) is 77.6 cm³/mol. The van der Waals surface area contributed by atoms with Crippen LogP contribution in [-0.2, 0) is 0 Å². The van der Waals surface area contributed by atoms with Gasteiger partial charge in [-0.1, -0.05) is 36.2 Å².